The zero-order valence-electron chi connectivity index (χ0n) is 11.6. The number of methoxy groups -OCH3 is 1. The predicted octanol–water partition coefficient (Wildman–Crippen LogP) is 2.24. The van der Waals surface area contributed by atoms with Crippen LogP contribution in [0.3, 0.4) is 0 Å². The Morgan fingerprint density at radius 3 is 2.62 bits per heavy atom. The normalized spacial score (nSPS) is 10.1. The summed E-state index contributed by atoms with van der Waals surface area (Å²) in [5.74, 6) is 1.22. The molecule has 3 N–H and O–H groups in total. The van der Waals surface area contributed by atoms with Crippen molar-refractivity contribution in [1.82, 2.24) is 4.98 Å². The maximum Gasteiger partial charge on any atom is 0.311 e. The molecule has 0 fully saturated rings. The number of nitrogens with one attached hydrogen (secondary N) is 1. The molecule has 7 heteroatoms. The Morgan fingerprint density at radius 1 is 1.29 bits per heavy atom. The zero-order valence-corrected chi connectivity index (χ0v) is 11.6. The number of pyridine rings is 1. The van der Waals surface area contributed by atoms with Gasteiger partial charge in [0, 0.05) is 12.6 Å². The molecule has 0 atom stereocenters. The van der Waals surface area contributed by atoms with E-state index in [0.29, 0.717) is 13.0 Å². The second kappa shape index (κ2) is 6.56. The minimum atomic E-state index is -0.484. The molecule has 1 aromatic carbocycles. The van der Waals surface area contributed by atoms with Crippen LogP contribution in [-0.4, -0.2) is 23.6 Å². The van der Waals surface area contributed by atoms with E-state index in [0.717, 1.165) is 11.3 Å². The molecule has 0 saturated carbocycles. The highest BCUT2D eigenvalue weighted by atomic mass is 16.6. The van der Waals surface area contributed by atoms with E-state index in [2.05, 4.69) is 10.3 Å². The molecule has 0 bridgehead atoms. The fraction of sp³-hybridized carbons (Fsp3) is 0.214. The molecule has 1 heterocycles. The topological polar surface area (TPSA) is 103 Å². The van der Waals surface area contributed by atoms with Crippen LogP contribution in [0, 0.1) is 10.1 Å². The molecule has 0 saturated heterocycles. The highest BCUT2D eigenvalue weighted by Crippen LogP contribution is 2.22. The van der Waals surface area contributed by atoms with Crippen molar-refractivity contribution in [3.63, 3.8) is 0 Å². The molecule has 0 aliphatic rings. The van der Waals surface area contributed by atoms with E-state index in [4.69, 9.17) is 10.5 Å². The highest BCUT2D eigenvalue weighted by Gasteiger charge is 2.14. The number of nitrogen functional groups attached to an aromatic ring is 1. The number of anilines is 2. The number of hydrogen-bond donors (Lipinski definition) is 2. The van der Waals surface area contributed by atoms with Crippen molar-refractivity contribution in [3.05, 3.63) is 52.1 Å². The average molecular weight is 288 g/mol. The third-order valence-electron chi connectivity index (χ3n) is 2.96. The van der Waals surface area contributed by atoms with Gasteiger partial charge in [-0.2, -0.15) is 0 Å². The number of nitrogens with two attached hydrogens (primary N) is 1. The molecule has 0 amide bonds. The van der Waals surface area contributed by atoms with Crippen LogP contribution in [0.2, 0.25) is 0 Å². The van der Waals surface area contributed by atoms with Gasteiger partial charge in [0.05, 0.1) is 12.0 Å². The van der Waals surface area contributed by atoms with Gasteiger partial charge in [0.15, 0.2) is 0 Å². The Balaban J connectivity index is 1.99. The van der Waals surface area contributed by atoms with Gasteiger partial charge in [-0.3, -0.25) is 10.1 Å². The van der Waals surface area contributed by atoms with Crippen LogP contribution in [-0.2, 0) is 6.42 Å². The molecule has 21 heavy (non-hydrogen) atoms. The van der Waals surface area contributed by atoms with Gasteiger partial charge in [0.1, 0.15) is 11.6 Å². The number of hydrogen-bond acceptors (Lipinski definition) is 6. The van der Waals surface area contributed by atoms with E-state index < -0.39 is 4.92 Å². The molecule has 0 aliphatic heterocycles. The van der Waals surface area contributed by atoms with Crippen LogP contribution in [0.1, 0.15) is 5.56 Å². The summed E-state index contributed by atoms with van der Waals surface area (Å²) in [6.45, 7) is 0.517. The predicted molar refractivity (Wildman–Crippen MR) is 80.5 cm³/mol. The van der Waals surface area contributed by atoms with E-state index in [1.54, 1.807) is 7.11 Å². The summed E-state index contributed by atoms with van der Waals surface area (Å²) in [6, 6.07) is 10.4. The van der Waals surface area contributed by atoms with Gasteiger partial charge < -0.3 is 15.8 Å². The lowest BCUT2D eigenvalue weighted by molar-refractivity contribution is -0.384. The lowest BCUT2D eigenvalue weighted by atomic mass is 10.1. The van der Waals surface area contributed by atoms with Crippen LogP contribution >= 0.6 is 0 Å². The number of rotatable bonds is 6. The van der Waals surface area contributed by atoms with E-state index in [1.165, 1.54) is 12.1 Å². The summed E-state index contributed by atoms with van der Waals surface area (Å²) in [6.07, 6.45) is 0.706. The Hall–Kier alpha value is -2.83. The van der Waals surface area contributed by atoms with Crippen LogP contribution in [0.5, 0.6) is 5.75 Å². The molecule has 7 nitrogen and oxygen atoms in total. The Kier molecular flexibility index (Phi) is 4.55. The van der Waals surface area contributed by atoms with Crippen molar-refractivity contribution in [2.75, 3.05) is 24.7 Å². The van der Waals surface area contributed by atoms with E-state index in [-0.39, 0.29) is 17.3 Å². The molecule has 0 aliphatic carbocycles. The smallest absolute Gasteiger partial charge is 0.311 e. The molecule has 1 aromatic heterocycles. The van der Waals surface area contributed by atoms with E-state index in [1.807, 2.05) is 24.3 Å². The SMILES string of the molecule is COc1ccc(CCNc2nc(N)ccc2[N+](=O)[O-])cc1. The first kappa shape index (κ1) is 14.6. The van der Waals surface area contributed by atoms with Gasteiger partial charge in [-0.25, -0.2) is 4.98 Å². The Morgan fingerprint density at radius 2 is 2.00 bits per heavy atom. The van der Waals surface area contributed by atoms with Gasteiger partial charge in [-0.15, -0.1) is 0 Å². The quantitative estimate of drug-likeness (QED) is 0.624. The molecule has 2 rings (SSSR count). The molecule has 2 aromatic rings. The fourth-order valence-electron chi connectivity index (χ4n) is 1.86. The molecule has 0 unspecified atom stereocenters. The van der Waals surface area contributed by atoms with E-state index >= 15 is 0 Å². The van der Waals surface area contributed by atoms with Crippen molar-refractivity contribution in [1.29, 1.82) is 0 Å². The lowest BCUT2D eigenvalue weighted by Gasteiger charge is -2.07. The average Bonchev–Trinajstić information content (AvgIpc) is 2.48. The lowest BCUT2D eigenvalue weighted by Crippen LogP contribution is -2.09. The van der Waals surface area contributed by atoms with Crippen LogP contribution in [0.25, 0.3) is 0 Å². The number of benzene rings is 1. The van der Waals surface area contributed by atoms with Gasteiger partial charge in [-0.1, -0.05) is 12.1 Å². The van der Waals surface area contributed by atoms with Gasteiger partial charge in [0.25, 0.3) is 0 Å². The number of nitro groups is 1. The van der Waals surface area contributed by atoms with Crippen molar-refractivity contribution in [2.45, 2.75) is 6.42 Å². The first-order valence-corrected chi connectivity index (χ1v) is 6.38. The second-order valence-corrected chi connectivity index (χ2v) is 4.39. The minimum absolute atomic E-state index is 0.0843. The standard InChI is InChI=1S/C14H16N4O3/c1-21-11-4-2-10(3-5-11)8-9-16-14-12(18(19)20)6-7-13(15)17-14/h2-7H,8-9H2,1H3,(H3,15,16,17). The maximum absolute atomic E-state index is 10.9. The van der Waals surface area contributed by atoms with Crippen LogP contribution in [0.15, 0.2) is 36.4 Å². The summed E-state index contributed by atoms with van der Waals surface area (Å²) in [4.78, 5) is 14.4. The molecular formula is C14H16N4O3. The maximum atomic E-state index is 10.9. The van der Waals surface area contributed by atoms with Crippen LogP contribution < -0.4 is 15.8 Å². The summed E-state index contributed by atoms with van der Waals surface area (Å²) in [5.41, 5.74) is 6.56. The first-order valence-electron chi connectivity index (χ1n) is 6.38. The van der Waals surface area contributed by atoms with Crippen molar-refractivity contribution >= 4 is 17.3 Å². The summed E-state index contributed by atoms with van der Waals surface area (Å²) in [5, 5.41) is 13.9. The van der Waals surface area contributed by atoms with Crippen molar-refractivity contribution in [2.24, 2.45) is 0 Å². The number of nitrogens with zero attached hydrogens (tertiary/aromatic N) is 2. The third-order valence-corrected chi connectivity index (χ3v) is 2.96. The Labute approximate surface area is 121 Å². The molecular weight excluding hydrogens is 272 g/mol. The monoisotopic (exact) mass is 288 g/mol. The van der Waals surface area contributed by atoms with Crippen LogP contribution in [0.4, 0.5) is 17.3 Å². The van der Waals surface area contributed by atoms with Gasteiger partial charge in [0.2, 0.25) is 5.82 Å². The van der Waals surface area contributed by atoms with Crippen molar-refractivity contribution in [3.8, 4) is 5.75 Å². The summed E-state index contributed by atoms with van der Waals surface area (Å²) < 4.78 is 5.08. The zero-order chi connectivity index (χ0) is 15.2. The third kappa shape index (κ3) is 3.82. The number of ether oxygens (including phenoxy) is 1. The summed E-state index contributed by atoms with van der Waals surface area (Å²) in [7, 11) is 1.61. The largest absolute Gasteiger partial charge is 0.497 e. The Bertz CT molecular complexity index is 629. The van der Waals surface area contributed by atoms with E-state index in [9.17, 15) is 10.1 Å². The van der Waals surface area contributed by atoms with Gasteiger partial charge in [-0.05, 0) is 30.2 Å². The van der Waals surface area contributed by atoms with Gasteiger partial charge >= 0.3 is 5.69 Å². The molecule has 0 radical (unpaired) electrons. The first-order chi connectivity index (χ1) is 10.1. The highest BCUT2D eigenvalue weighted by molar-refractivity contribution is 5.59. The summed E-state index contributed by atoms with van der Waals surface area (Å²) >= 11 is 0. The second-order valence-electron chi connectivity index (χ2n) is 4.39. The molecule has 0 spiro atoms. The fourth-order valence-corrected chi connectivity index (χ4v) is 1.86. The number of aromatic nitrogens is 1. The van der Waals surface area contributed by atoms with Crippen molar-refractivity contribution < 1.29 is 9.66 Å². The minimum Gasteiger partial charge on any atom is -0.497 e. The molecule has 110 valence electrons.